The van der Waals surface area contributed by atoms with Gasteiger partial charge in [0.2, 0.25) is 0 Å². The van der Waals surface area contributed by atoms with E-state index < -0.39 is 18.3 Å². The molecule has 2 N–H and O–H groups in total. The number of nitrogens with zero attached hydrogens (tertiary/aromatic N) is 1. The summed E-state index contributed by atoms with van der Waals surface area (Å²) in [5.74, 6) is 2.57. The summed E-state index contributed by atoms with van der Waals surface area (Å²) in [4.78, 5) is 4.05. The van der Waals surface area contributed by atoms with E-state index in [0.29, 0.717) is 16.7 Å². The Morgan fingerprint density at radius 2 is 1.78 bits per heavy atom. The van der Waals surface area contributed by atoms with Crippen LogP contribution < -0.4 is 11.2 Å². The molecule has 0 spiro atoms. The lowest BCUT2D eigenvalue weighted by Crippen LogP contribution is -2.41. The van der Waals surface area contributed by atoms with Crippen molar-refractivity contribution in [3.8, 4) is 12.3 Å². The second-order valence-corrected chi connectivity index (χ2v) is 5.43. The van der Waals surface area contributed by atoms with Crippen LogP contribution in [0.5, 0.6) is 0 Å². The summed E-state index contributed by atoms with van der Waals surface area (Å²) in [6, 6.07) is 0. The van der Waals surface area contributed by atoms with E-state index in [-0.39, 0.29) is 0 Å². The van der Waals surface area contributed by atoms with Crippen LogP contribution in [-0.2, 0) is 9.31 Å². The molecule has 0 unspecified atom stereocenters. The highest BCUT2D eigenvalue weighted by Gasteiger charge is 2.52. The number of nitrogens with two attached hydrogens (primary N) is 1. The first-order valence-corrected chi connectivity index (χ1v) is 5.84. The smallest absolute Gasteiger partial charge is 0.399 e. The van der Waals surface area contributed by atoms with Crippen molar-refractivity contribution in [2.75, 3.05) is 5.73 Å². The van der Waals surface area contributed by atoms with Crippen molar-refractivity contribution in [3.63, 3.8) is 0 Å². The first-order valence-electron chi connectivity index (χ1n) is 5.84. The average molecular weight is 244 g/mol. The second-order valence-electron chi connectivity index (χ2n) is 5.43. The topological polar surface area (TPSA) is 57.4 Å². The summed E-state index contributed by atoms with van der Waals surface area (Å²) < 4.78 is 11.9. The minimum atomic E-state index is -0.531. The number of hydrogen-bond donors (Lipinski definition) is 1. The van der Waals surface area contributed by atoms with E-state index in [1.807, 2.05) is 27.7 Å². The Hall–Kier alpha value is -1.51. The molecule has 0 aliphatic carbocycles. The van der Waals surface area contributed by atoms with Gasteiger partial charge in [-0.15, -0.1) is 6.42 Å². The molecule has 0 amide bonds. The van der Waals surface area contributed by atoms with E-state index in [4.69, 9.17) is 21.5 Å². The molecule has 2 rings (SSSR count). The molecular formula is C13H17BN2O2. The third-order valence-corrected chi connectivity index (χ3v) is 3.66. The highest BCUT2D eigenvalue weighted by molar-refractivity contribution is 6.63. The summed E-state index contributed by atoms with van der Waals surface area (Å²) in [5.41, 5.74) is 6.76. The molecule has 2 heterocycles. The quantitative estimate of drug-likeness (QED) is 0.590. The summed E-state index contributed by atoms with van der Waals surface area (Å²) >= 11 is 0. The molecule has 0 radical (unpaired) electrons. The largest absolute Gasteiger partial charge is 0.497 e. The predicted molar refractivity (Wildman–Crippen MR) is 72.3 cm³/mol. The first kappa shape index (κ1) is 12.9. The highest BCUT2D eigenvalue weighted by Crippen LogP contribution is 2.36. The van der Waals surface area contributed by atoms with Crippen LogP contribution in [0.15, 0.2) is 12.4 Å². The Morgan fingerprint density at radius 1 is 1.22 bits per heavy atom. The van der Waals surface area contributed by atoms with Gasteiger partial charge in [-0.1, -0.05) is 5.92 Å². The molecule has 0 atom stereocenters. The maximum atomic E-state index is 5.93. The Bertz CT molecular complexity index is 504. The van der Waals surface area contributed by atoms with Gasteiger partial charge in [0.05, 0.1) is 28.6 Å². The van der Waals surface area contributed by atoms with Gasteiger partial charge >= 0.3 is 7.12 Å². The van der Waals surface area contributed by atoms with Crippen LogP contribution in [0.3, 0.4) is 0 Å². The number of pyridine rings is 1. The number of hydrogen-bond acceptors (Lipinski definition) is 4. The lowest BCUT2D eigenvalue weighted by molar-refractivity contribution is 0.00578. The second kappa shape index (κ2) is 4.01. The van der Waals surface area contributed by atoms with Crippen LogP contribution >= 0.6 is 0 Å². The van der Waals surface area contributed by atoms with E-state index in [2.05, 4.69) is 10.9 Å². The van der Waals surface area contributed by atoms with E-state index in [9.17, 15) is 0 Å². The number of aromatic nitrogens is 1. The lowest BCUT2D eigenvalue weighted by Gasteiger charge is -2.32. The maximum absolute atomic E-state index is 5.93. The van der Waals surface area contributed by atoms with Crippen molar-refractivity contribution in [3.05, 3.63) is 18.0 Å². The molecule has 18 heavy (non-hydrogen) atoms. The Kier molecular flexibility index (Phi) is 2.88. The molecule has 4 nitrogen and oxygen atoms in total. The Morgan fingerprint density at radius 3 is 2.28 bits per heavy atom. The Labute approximate surface area is 108 Å². The number of nitrogen functional groups attached to an aromatic ring is 1. The molecule has 1 aromatic rings. The molecule has 1 aliphatic heterocycles. The lowest BCUT2D eigenvalue weighted by atomic mass is 9.77. The zero-order valence-electron chi connectivity index (χ0n) is 11.2. The number of terminal acetylenes is 1. The van der Waals surface area contributed by atoms with Crippen LogP contribution in [0.2, 0.25) is 0 Å². The molecule has 0 saturated carbocycles. The highest BCUT2D eigenvalue weighted by atomic mass is 16.7. The molecule has 0 aromatic carbocycles. The van der Waals surface area contributed by atoms with Crippen molar-refractivity contribution in [1.82, 2.24) is 4.98 Å². The van der Waals surface area contributed by atoms with Crippen molar-refractivity contribution >= 4 is 18.3 Å². The summed E-state index contributed by atoms with van der Waals surface area (Å²) in [6.45, 7) is 7.95. The summed E-state index contributed by atoms with van der Waals surface area (Å²) in [7, 11) is -0.531. The molecule has 1 saturated heterocycles. The van der Waals surface area contributed by atoms with Crippen LogP contribution in [0, 0.1) is 12.3 Å². The minimum absolute atomic E-state index is 0.409. The third kappa shape index (κ3) is 1.88. The number of rotatable bonds is 1. The average Bonchev–Trinajstić information content (AvgIpc) is 2.47. The fourth-order valence-corrected chi connectivity index (χ4v) is 1.81. The number of anilines is 1. The zero-order chi connectivity index (χ0) is 13.6. The molecular weight excluding hydrogens is 227 g/mol. The van der Waals surface area contributed by atoms with Crippen LogP contribution in [0.4, 0.5) is 5.69 Å². The minimum Gasteiger partial charge on any atom is -0.399 e. The van der Waals surface area contributed by atoms with E-state index in [1.165, 1.54) is 6.20 Å². The fourth-order valence-electron chi connectivity index (χ4n) is 1.81. The Balaban J connectivity index is 2.42. The molecule has 5 heteroatoms. The van der Waals surface area contributed by atoms with Crippen molar-refractivity contribution in [2.45, 2.75) is 38.9 Å². The van der Waals surface area contributed by atoms with Gasteiger partial charge in [-0.3, -0.25) is 4.98 Å². The van der Waals surface area contributed by atoms with Gasteiger partial charge in [0.1, 0.15) is 0 Å². The first-order chi connectivity index (χ1) is 8.28. The van der Waals surface area contributed by atoms with Gasteiger partial charge < -0.3 is 15.0 Å². The molecule has 1 fully saturated rings. The van der Waals surface area contributed by atoms with Gasteiger partial charge in [-0.25, -0.2) is 0 Å². The van der Waals surface area contributed by atoms with Crippen LogP contribution in [0.25, 0.3) is 0 Å². The monoisotopic (exact) mass is 244 g/mol. The van der Waals surface area contributed by atoms with E-state index >= 15 is 0 Å². The van der Waals surface area contributed by atoms with Gasteiger partial charge in [-0.05, 0) is 27.7 Å². The van der Waals surface area contributed by atoms with Crippen molar-refractivity contribution in [1.29, 1.82) is 0 Å². The van der Waals surface area contributed by atoms with Crippen LogP contribution in [0.1, 0.15) is 33.3 Å². The van der Waals surface area contributed by atoms with E-state index in [1.54, 1.807) is 6.20 Å². The fraction of sp³-hybridized carbons (Fsp3) is 0.462. The molecule has 0 bridgehead atoms. The van der Waals surface area contributed by atoms with Crippen LogP contribution in [-0.4, -0.2) is 23.3 Å². The molecule has 1 aromatic heterocycles. The van der Waals surface area contributed by atoms with E-state index in [0.717, 1.165) is 0 Å². The molecule has 1 aliphatic rings. The maximum Gasteiger partial charge on any atom is 0.497 e. The van der Waals surface area contributed by atoms with Gasteiger partial charge in [0, 0.05) is 11.7 Å². The molecule has 94 valence electrons. The zero-order valence-corrected chi connectivity index (χ0v) is 11.2. The normalized spacial score (nSPS) is 20.7. The van der Waals surface area contributed by atoms with Gasteiger partial charge in [0.15, 0.2) is 0 Å². The SMILES string of the molecule is C#Cc1c(N)cncc1B1OC(C)(C)C(C)(C)O1. The predicted octanol–water partition coefficient (Wildman–Crippen LogP) is 0.944. The van der Waals surface area contributed by atoms with Crippen molar-refractivity contribution < 1.29 is 9.31 Å². The van der Waals surface area contributed by atoms with Gasteiger partial charge in [0.25, 0.3) is 0 Å². The summed E-state index contributed by atoms with van der Waals surface area (Å²) in [5, 5.41) is 0. The van der Waals surface area contributed by atoms with Gasteiger partial charge in [-0.2, -0.15) is 0 Å². The summed E-state index contributed by atoms with van der Waals surface area (Å²) in [6.07, 6.45) is 8.66. The third-order valence-electron chi connectivity index (χ3n) is 3.66. The standard InChI is InChI=1S/C13H17BN2O2/c1-6-9-10(7-16-8-11(9)15)14-17-12(2,3)13(4,5)18-14/h1,7-8H,15H2,2-5H3. The van der Waals surface area contributed by atoms with Crippen molar-refractivity contribution in [2.24, 2.45) is 0 Å².